The van der Waals surface area contributed by atoms with Crippen LogP contribution in [0.25, 0.3) is 10.6 Å². The monoisotopic (exact) mass is 299 g/mol. The molecule has 2 rings (SSSR count). The molecule has 0 saturated carbocycles. The molecule has 0 fully saturated rings. The lowest BCUT2D eigenvalue weighted by atomic mass is 10.2. The van der Waals surface area contributed by atoms with Crippen LogP contribution >= 0.6 is 27.3 Å². The first-order chi connectivity index (χ1) is 7.74. The van der Waals surface area contributed by atoms with E-state index in [1.807, 2.05) is 23.6 Å². The summed E-state index contributed by atoms with van der Waals surface area (Å²) in [6.45, 7) is 0. The van der Waals surface area contributed by atoms with Gasteiger partial charge in [0.15, 0.2) is 5.82 Å². The van der Waals surface area contributed by atoms with Gasteiger partial charge in [0.1, 0.15) is 10.8 Å². The fraction of sp³-hybridized carbons (Fsp3) is 0.100. The molecule has 1 aromatic carbocycles. The predicted octanol–water partition coefficient (Wildman–Crippen LogP) is 2.87. The van der Waals surface area contributed by atoms with Crippen molar-refractivity contribution in [2.45, 2.75) is 0 Å². The Hall–Kier alpha value is -1.11. The molecule has 84 valence electrons. The van der Waals surface area contributed by atoms with Crippen LogP contribution in [-0.4, -0.2) is 12.1 Å². The van der Waals surface area contributed by atoms with E-state index in [4.69, 9.17) is 10.6 Å². The summed E-state index contributed by atoms with van der Waals surface area (Å²) in [6.07, 6.45) is 0. The Balaban J connectivity index is 2.37. The average Bonchev–Trinajstić information content (AvgIpc) is 2.77. The van der Waals surface area contributed by atoms with Gasteiger partial charge in [-0.2, -0.15) is 0 Å². The molecule has 4 nitrogen and oxygen atoms in total. The highest BCUT2D eigenvalue weighted by molar-refractivity contribution is 9.10. The van der Waals surface area contributed by atoms with Gasteiger partial charge >= 0.3 is 0 Å². The largest absolute Gasteiger partial charge is 0.496 e. The molecule has 0 unspecified atom stereocenters. The predicted molar refractivity (Wildman–Crippen MR) is 69.6 cm³/mol. The van der Waals surface area contributed by atoms with Crippen molar-refractivity contribution in [2.24, 2.45) is 5.84 Å². The van der Waals surface area contributed by atoms with Crippen LogP contribution in [0.1, 0.15) is 0 Å². The second kappa shape index (κ2) is 4.82. The van der Waals surface area contributed by atoms with E-state index in [1.165, 1.54) is 11.3 Å². The third-order valence-corrected chi connectivity index (χ3v) is 3.56. The maximum atomic E-state index is 5.28. The number of hydrogen-bond acceptors (Lipinski definition) is 5. The van der Waals surface area contributed by atoms with Crippen LogP contribution in [0.15, 0.2) is 28.1 Å². The first kappa shape index (κ1) is 11.4. The summed E-state index contributed by atoms with van der Waals surface area (Å²) in [7, 11) is 1.64. The minimum Gasteiger partial charge on any atom is -0.496 e. The number of halogens is 1. The van der Waals surface area contributed by atoms with Crippen molar-refractivity contribution in [3.05, 3.63) is 28.1 Å². The average molecular weight is 300 g/mol. The molecule has 0 radical (unpaired) electrons. The van der Waals surface area contributed by atoms with E-state index in [-0.39, 0.29) is 0 Å². The SMILES string of the molecule is COc1ccc(-c2nc(NN)cs2)cc1Br. The number of hydrazine groups is 1. The van der Waals surface area contributed by atoms with E-state index >= 15 is 0 Å². The maximum Gasteiger partial charge on any atom is 0.151 e. The second-order valence-electron chi connectivity index (χ2n) is 3.03. The number of nitrogens with one attached hydrogen (secondary N) is 1. The summed E-state index contributed by atoms with van der Waals surface area (Å²) < 4.78 is 6.07. The zero-order valence-corrected chi connectivity index (χ0v) is 10.9. The molecule has 0 aliphatic rings. The van der Waals surface area contributed by atoms with Crippen LogP contribution in [-0.2, 0) is 0 Å². The summed E-state index contributed by atoms with van der Waals surface area (Å²) in [4.78, 5) is 4.32. The summed E-state index contributed by atoms with van der Waals surface area (Å²) >= 11 is 4.97. The first-order valence-corrected chi connectivity index (χ1v) is 6.18. The Labute approximate surface area is 106 Å². The van der Waals surface area contributed by atoms with Crippen molar-refractivity contribution in [2.75, 3.05) is 12.5 Å². The number of methoxy groups -OCH3 is 1. The smallest absolute Gasteiger partial charge is 0.151 e. The van der Waals surface area contributed by atoms with Crippen molar-refractivity contribution in [1.29, 1.82) is 0 Å². The van der Waals surface area contributed by atoms with Crippen LogP contribution in [0, 0.1) is 0 Å². The molecule has 0 spiro atoms. The van der Waals surface area contributed by atoms with Crippen LogP contribution in [0.2, 0.25) is 0 Å². The van der Waals surface area contributed by atoms with E-state index in [0.29, 0.717) is 5.82 Å². The molecular weight excluding hydrogens is 290 g/mol. The molecule has 16 heavy (non-hydrogen) atoms. The van der Waals surface area contributed by atoms with Gasteiger partial charge in [0.05, 0.1) is 11.6 Å². The van der Waals surface area contributed by atoms with Crippen molar-refractivity contribution in [3.8, 4) is 16.3 Å². The number of ether oxygens (including phenoxy) is 1. The van der Waals surface area contributed by atoms with E-state index in [2.05, 4.69) is 26.3 Å². The highest BCUT2D eigenvalue weighted by Crippen LogP contribution is 2.32. The minimum atomic E-state index is 0.673. The van der Waals surface area contributed by atoms with E-state index < -0.39 is 0 Å². The zero-order chi connectivity index (χ0) is 11.5. The van der Waals surface area contributed by atoms with E-state index in [0.717, 1.165) is 20.8 Å². The first-order valence-electron chi connectivity index (χ1n) is 4.50. The quantitative estimate of drug-likeness (QED) is 0.676. The number of nitrogen functional groups attached to an aromatic ring is 1. The lowest BCUT2D eigenvalue weighted by molar-refractivity contribution is 0.412. The molecule has 0 atom stereocenters. The molecule has 2 aromatic rings. The fourth-order valence-electron chi connectivity index (χ4n) is 1.27. The Bertz CT molecular complexity index is 501. The van der Waals surface area contributed by atoms with Gasteiger partial charge in [-0.05, 0) is 34.1 Å². The van der Waals surface area contributed by atoms with Gasteiger partial charge in [-0.25, -0.2) is 10.8 Å². The third-order valence-electron chi connectivity index (χ3n) is 2.05. The molecule has 0 aliphatic heterocycles. The summed E-state index contributed by atoms with van der Waals surface area (Å²) in [5.74, 6) is 6.76. The highest BCUT2D eigenvalue weighted by atomic mass is 79.9. The van der Waals surface area contributed by atoms with Crippen LogP contribution in [0.3, 0.4) is 0 Å². The summed E-state index contributed by atoms with van der Waals surface area (Å²) in [5, 5.41) is 2.78. The Kier molecular flexibility index (Phi) is 3.42. The van der Waals surface area contributed by atoms with Crippen LogP contribution in [0.4, 0.5) is 5.82 Å². The van der Waals surface area contributed by atoms with Gasteiger partial charge in [0, 0.05) is 10.9 Å². The standard InChI is InChI=1S/C10H10BrN3OS/c1-15-8-3-2-6(4-7(8)11)10-13-9(14-12)5-16-10/h2-5,14H,12H2,1H3. The van der Waals surface area contributed by atoms with Gasteiger partial charge in [-0.1, -0.05) is 0 Å². The Morgan fingerprint density at radius 3 is 2.88 bits per heavy atom. The topological polar surface area (TPSA) is 60.2 Å². The van der Waals surface area contributed by atoms with Crippen molar-refractivity contribution < 1.29 is 4.74 Å². The number of anilines is 1. The lowest BCUT2D eigenvalue weighted by Gasteiger charge is -2.04. The van der Waals surface area contributed by atoms with Gasteiger partial charge in [0.2, 0.25) is 0 Å². The fourth-order valence-corrected chi connectivity index (χ4v) is 2.57. The van der Waals surface area contributed by atoms with Crippen molar-refractivity contribution in [1.82, 2.24) is 4.98 Å². The van der Waals surface area contributed by atoms with Crippen molar-refractivity contribution in [3.63, 3.8) is 0 Å². The minimum absolute atomic E-state index is 0.673. The van der Waals surface area contributed by atoms with E-state index in [9.17, 15) is 0 Å². The molecule has 1 aromatic heterocycles. The normalized spacial score (nSPS) is 10.2. The molecule has 0 amide bonds. The highest BCUT2D eigenvalue weighted by Gasteiger charge is 2.07. The number of rotatable bonds is 3. The van der Waals surface area contributed by atoms with Gasteiger partial charge in [-0.3, -0.25) is 0 Å². The van der Waals surface area contributed by atoms with Gasteiger partial charge < -0.3 is 10.2 Å². The number of nitrogens with two attached hydrogens (primary N) is 1. The maximum absolute atomic E-state index is 5.28. The Morgan fingerprint density at radius 2 is 2.31 bits per heavy atom. The van der Waals surface area contributed by atoms with Crippen molar-refractivity contribution >= 4 is 33.1 Å². The molecule has 6 heteroatoms. The summed E-state index contributed by atoms with van der Waals surface area (Å²) in [5.41, 5.74) is 3.54. The lowest BCUT2D eigenvalue weighted by Crippen LogP contribution is -2.06. The van der Waals surface area contributed by atoms with Gasteiger partial charge in [-0.15, -0.1) is 11.3 Å². The molecular formula is C10H10BrN3OS. The van der Waals surface area contributed by atoms with Crippen LogP contribution < -0.4 is 16.0 Å². The molecule has 1 heterocycles. The molecule has 3 N–H and O–H groups in total. The number of nitrogens with zero attached hydrogens (tertiary/aromatic N) is 1. The third kappa shape index (κ3) is 2.18. The number of benzene rings is 1. The van der Waals surface area contributed by atoms with E-state index in [1.54, 1.807) is 7.11 Å². The number of hydrogen-bond donors (Lipinski definition) is 2. The molecule has 0 saturated heterocycles. The second-order valence-corrected chi connectivity index (χ2v) is 4.74. The summed E-state index contributed by atoms with van der Waals surface area (Å²) in [6, 6.07) is 5.83. The Morgan fingerprint density at radius 1 is 1.50 bits per heavy atom. The molecule has 0 aliphatic carbocycles. The number of aromatic nitrogens is 1. The van der Waals surface area contributed by atoms with Gasteiger partial charge in [0.25, 0.3) is 0 Å². The van der Waals surface area contributed by atoms with Crippen LogP contribution in [0.5, 0.6) is 5.75 Å². The molecule has 0 bridgehead atoms. The zero-order valence-electron chi connectivity index (χ0n) is 8.53. The number of thiazole rings is 1.